The molecule has 13 heteroatoms. The molecule has 49 heavy (non-hydrogen) atoms. The molecule has 252 valence electrons. The lowest BCUT2D eigenvalue weighted by molar-refractivity contribution is 0.0946. The molecule has 2 heterocycles. The number of rotatable bonds is 11. The molecule has 0 spiro atoms. The number of nitrogens with zero attached hydrogens (tertiary/aromatic N) is 5. The predicted molar refractivity (Wildman–Crippen MR) is 184 cm³/mol. The zero-order chi connectivity index (χ0) is 35.1. The number of amides is 2. The molecule has 0 aliphatic rings. The molecule has 0 unspecified atom stereocenters. The number of carbonyl (C=O) groups excluding carboxylic acids is 2. The molecule has 0 bridgehead atoms. The van der Waals surface area contributed by atoms with E-state index in [2.05, 4.69) is 42.7 Å². The van der Waals surface area contributed by atoms with E-state index in [1.165, 1.54) is 15.4 Å². The highest BCUT2D eigenvalue weighted by Crippen LogP contribution is 2.18. The van der Waals surface area contributed by atoms with Gasteiger partial charge in [-0.2, -0.15) is 0 Å². The molecular formula is C36H36F2N8O3. The molecule has 0 radical (unpaired) electrons. The molecule has 2 amide bonds. The Hall–Kier alpha value is -5.87. The lowest BCUT2D eigenvalue weighted by atomic mass is 10.1. The number of hydrogen-bond donors (Lipinski definition) is 3. The van der Waals surface area contributed by atoms with Crippen LogP contribution in [0.5, 0.6) is 0 Å². The standard InChI is InChI=1S/C36H36F2N8O3/c1-23-32(35(49)46(45(23)4)22-25-8-14-29(37)30(38)20-25)34(48)40-16-5-7-24-9-15-31-27(19-24)21-41-36(43-31)42-28-12-10-26(11-13-28)33(47)39-17-6-18-44(2)3/h8-15,19-21H,6,16-18,22H2,1-4H3,(H,39,47)(H,40,48)(H,41,42,43). The van der Waals surface area contributed by atoms with E-state index in [1.54, 1.807) is 50.5 Å². The quantitative estimate of drug-likeness (QED) is 0.144. The molecule has 0 saturated carbocycles. The van der Waals surface area contributed by atoms with Crippen LogP contribution in [0, 0.1) is 30.4 Å². The average Bonchev–Trinajstić information content (AvgIpc) is 3.29. The van der Waals surface area contributed by atoms with Crippen LogP contribution in [-0.2, 0) is 13.6 Å². The van der Waals surface area contributed by atoms with Crippen LogP contribution in [0.25, 0.3) is 10.9 Å². The van der Waals surface area contributed by atoms with Crippen LogP contribution < -0.4 is 21.5 Å². The summed E-state index contributed by atoms with van der Waals surface area (Å²) in [5.74, 6) is 3.59. The predicted octanol–water partition coefficient (Wildman–Crippen LogP) is 3.97. The van der Waals surface area contributed by atoms with E-state index in [1.807, 2.05) is 26.2 Å². The van der Waals surface area contributed by atoms with Crippen molar-refractivity contribution in [1.82, 2.24) is 34.9 Å². The number of nitrogens with one attached hydrogen (secondary N) is 3. The molecule has 0 aliphatic carbocycles. The summed E-state index contributed by atoms with van der Waals surface area (Å²) in [7, 11) is 5.61. The summed E-state index contributed by atoms with van der Waals surface area (Å²) >= 11 is 0. The fraction of sp³-hybridized carbons (Fsp3) is 0.250. The Morgan fingerprint density at radius 3 is 2.47 bits per heavy atom. The number of aromatic nitrogens is 4. The van der Waals surface area contributed by atoms with Gasteiger partial charge in [-0.05, 0) is 94.1 Å². The Labute approximate surface area is 282 Å². The van der Waals surface area contributed by atoms with E-state index in [0.29, 0.717) is 40.4 Å². The summed E-state index contributed by atoms with van der Waals surface area (Å²) in [6, 6.07) is 15.9. The van der Waals surface area contributed by atoms with Crippen molar-refractivity contribution in [2.24, 2.45) is 7.05 Å². The zero-order valence-electron chi connectivity index (χ0n) is 27.6. The molecular weight excluding hydrogens is 630 g/mol. The largest absolute Gasteiger partial charge is 0.352 e. The van der Waals surface area contributed by atoms with Crippen molar-refractivity contribution in [3.05, 3.63) is 117 Å². The summed E-state index contributed by atoms with van der Waals surface area (Å²) < 4.78 is 29.8. The zero-order valence-corrected chi connectivity index (χ0v) is 27.6. The van der Waals surface area contributed by atoms with E-state index >= 15 is 0 Å². The molecule has 2 aromatic heterocycles. The van der Waals surface area contributed by atoms with Crippen LogP contribution in [-0.4, -0.2) is 69.8 Å². The van der Waals surface area contributed by atoms with Gasteiger partial charge in [-0.1, -0.05) is 17.9 Å². The van der Waals surface area contributed by atoms with Crippen molar-refractivity contribution in [2.45, 2.75) is 19.9 Å². The van der Waals surface area contributed by atoms with E-state index < -0.39 is 23.1 Å². The van der Waals surface area contributed by atoms with Gasteiger partial charge in [0.25, 0.3) is 17.4 Å². The molecule has 3 aromatic carbocycles. The van der Waals surface area contributed by atoms with Crippen molar-refractivity contribution in [3.8, 4) is 11.8 Å². The smallest absolute Gasteiger partial charge is 0.280 e. The summed E-state index contributed by atoms with van der Waals surface area (Å²) in [6.07, 6.45) is 2.55. The lowest BCUT2D eigenvalue weighted by Gasteiger charge is -2.10. The Bertz CT molecular complexity index is 2130. The van der Waals surface area contributed by atoms with Crippen LogP contribution in [0.2, 0.25) is 0 Å². The minimum Gasteiger partial charge on any atom is -0.352 e. The van der Waals surface area contributed by atoms with Gasteiger partial charge >= 0.3 is 0 Å². The first-order chi connectivity index (χ1) is 23.5. The average molecular weight is 667 g/mol. The Morgan fingerprint density at radius 2 is 1.73 bits per heavy atom. The molecule has 0 aliphatic heterocycles. The van der Waals surface area contributed by atoms with E-state index in [0.717, 1.165) is 36.2 Å². The number of anilines is 2. The molecule has 11 nitrogen and oxygen atoms in total. The topological polar surface area (TPSA) is 126 Å². The minimum atomic E-state index is -1.01. The van der Waals surface area contributed by atoms with E-state index in [4.69, 9.17) is 0 Å². The maximum Gasteiger partial charge on any atom is 0.280 e. The fourth-order valence-corrected chi connectivity index (χ4v) is 5.08. The first-order valence-electron chi connectivity index (χ1n) is 15.5. The monoisotopic (exact) mass is 666 g/mol. The van der Waals surface area contributed by atoms with Gasteiger partial charge in [0.2, 0.25) is 5.95 Å². The van der Waals surface area contributed by atoms with Gasteiger partial charge in [0.15, 0.2) is 11.6 Å². The minimum absolute atomic E-state index is 0.00984. The number of hydrogen-bond acceptors (Lipinski definition) is 7. The summed E-state index contributed by atoms with van der Waals surface area (Å²) in [4.78, 5) is 49.4. The summed E-state index contributed by atoms with van der Waals surface area (Å²) in [5, 5.41) is 9.50. The Morgan fingerprint density at radius 1 is 0.959 bits per heavy atom. The lowest BCUT2D eigenvalue weighted by Crippen LogP contribution is -2.31. The molecule has 5 rings (SSSR count). The first-order valence-corrected chi connectivity index (χ1v) is 15.5. The molecule has 0 atom stereocenters. The van der Waals surface area contributed by atoms with Crippen molar-refractivity contribution < 1.29 is 18.4 Å². The summed E-state index contributed by atoms with van der Waals surface area (Å²) in [5.41, 5.74) is 2.89. The van der Waals surface area contributed by atoms with Crippen molar-refractivity contribution in [1.29, 1.82) is 0 Å². The van der Waals surface area contributed by atoms with Gasteiger partial charge < -0.3 is 20.9 Å². The van der Waals surface area contributed by atoms with Crippen LogP contribution in [0.1, 0.15) is 44.0 Å². The van der Waals surface area contributed by atoms with Gasteiger partial charge in [-0.15, -0.1) is 0 Å². The van der Waals surface area contributed by atoms with Crippen LogP contribution in [0.15, 0.2) is 71.7 Å². The first kappa shape index (κ1) is 34.5. The molecule has 5 aromatic rings. The highest BCUT2D eigenvalue weighted by Gasteiger charge is 2.21. The van der Waals surface area contributed by atoms with Crippen LogP contribution in [0.4, 0.5) is 20.4 Å². The third-order valence-corrected chi connectivity index (χ3v) is 7.82. The number of benzene rings is 3. The third-order valence-electron chi connectivity index (χ3n) is 7.82. The second-order valence-corrected chi connectivity index (χ2v) is 11.7. The number of halogens is 2. The molecule has 0 saturated heterocycles. The second kappa shape index (κ2) is 15.4. The summed E-state index contributed by atoms with van der Waals surface area (Å²) in [6.45, 7) is 3.10. The van der Waals surface area contributed by atoms with Gasteiger partial charge in [-0.25, -0.2) is 23.4 Å². The highest BCUT2D eigenvalue weighted by atomic mass is 19.2. The van der Waals surface area contributed by atoms with Crippen molar-refractivity contribution in [3.63, 3.8) is 0 Å². The van der Waals surface area contributed by atoms with Crippen molar-refractivity contribution in [2.75, 3.05) is 39.0 Å². The van der Waals surface area contributed by atoms with Crippen molar-refractivity contribution >= 4 is 34.4 Å². The van der Waals surface area contributed by atoms with Gasteiger partial charge in [0, 0.05) is 47.7 Å². The Balaban J connectivity index is 1.16. The third kappa shape index (κ3) is 8.54. The maximum atomic E-state index is 13.7. The van der Waals surface area contributed by atoms with Gasteiger partial charge in [0.05, 0.1) is 18.6 Å². The van der Waals surface area contributed by atoms with E-state index in [9.17, 15) is 23.2 Å². The fourth-order valence-electron chi connectivity index (χ4n) is 5.08. The number of carbonyl (C=O) groups is 2. The van der Waals surface area contributed by atoms with E-state index in [-0.39, 0.29) is 24.6 Å². The van der Waals surface area contributed by atoms with Crippen LogP contribution in [0.3, 0.4) is 0 Å². The second-order valence-electron chi connectivity index (χ2n) is 11.7. The van der Waals surface area contributed by atoms with Crippen LogP contribution >= 0.6 is 0 Å². The molecule has 3 N–H and O–H groups in total. The normalized spacial score (nSPS) is 10.9. The maximum absolute atomic E-state index is 13.7. The molecule has 0 fully saturated rings. The van der Waals surface area contributed by atoms with Gasteiger partial charge in [-0.3, -0.25) is 19.1 Å². The SMILES string of the molecule is Cc1c(C(=O)NCC#Cc2ccc3nc(Nc4ccc(C(=O)NCCCN(C)C)cc4)ncc3c2)c(=O)n(Cc2ccc(F)c(F)c2)n1C. The van der Waals surface area contributed by atoms with Gasteiger partial charge in [0.1, 0.15) is 5.56 Å². The highest BCUT2D eigenvalue weighted by molar-refractivity contribution is 5.95. The Kier molecular flexibility index (Phi) is 10.8. The number of fused-ring (bicyclic) bond motifs is 1.